The number of nitrogens with zero attached hydrogens (tertiary/aromatic N) is 3. The number of hydrogen-bond acceptors (Lipinski definition) is 9. The van der Waals surface area contributed by atoms with Crippen LogP contribution in [0.25, 0.3) is 0 Å². The first-order valence-electron chi connectivity index (χ1n) is 13.1. The number of rotatable bonds is 19. The van der Waals surface area contributed by atoms with E-state index >= 15 is 0 Å². The summed E-state index contributed by atoms with van der Waals surface area (Å²) in [7, 11) is 0. The number of ether oxygens (including phenoxy) is 5. The molecule has 0 amide bonds. The fraction of sp³-hybridized carbons (Fsp3) is 0.481. The lowest BCUT2D eigenvalue weighted by molar-refractivity contribution is -0.727. The second-order valence-electron chi connectivity index (χ2n) is 8.30. The van der Waals surface area contributed by atoms with Gasteiger partial charge in [0.05, 0.1) is 38.7 Å². The minimum absolute atomic E-state index is 0. The number of hydrogen-bond donors (Lipinski definition) is 3. The number of unbranched alkanes of at least 4 members (excludes halogenated alkanes) is 3. The second-order valence-corrected chi connectivity index (χ2v) is 8.73. The van der Waals surface area contributed by atoms with E-state index in [0.29, 0.717) is 56.2 Å². The number of halogens is 3. The second kappa shape index (κ2) is 25.6. The zero-order chi connectivity index (χ0) is 28.7. The summed E-state index contributed by atoms with van der Waals surface area (Å²) in [6.07, 6.45) is 8.38. The van der Waals surface area contributed by atoms with Crippen LogP contribution < -0.4 is 38.1 Å². The first kappa shape index (κ1) is 39.0. The lowest BCUT2D eigenvalue weighted by Crippen LogP contribution is -3.00. The van der Waals surface area contributed by atoms with Crippen LogP contribution in [0.5, 0.6) is 5.75 Å². The highest BCUT2D eigenvalue weighted by Gasteiger charge is 2.09. The fourth-order valence-corrected chi connectivity index (χ4v) is 3.29. The number of benzene rings is 1. The van der Waals surface area contributed by atoms with Gasteiger partial charge in [-0.05, 0) is 43.5 Å². The molecule has 42 heavy (non-hydrogen) atoms. The summed E-state index contributed by atoms with van der Waals surface area (Å²) in [6.45, 7) is 3.31. The predicted octanol–water partition coefficient (Wildman–Crippen LogP) is 0.634. The van der Waals surface area contributed by atoms with Crippen LogP contribution >= 0.6 is 24.0 Å². The van der Waals surface area contributed by atoms with E-state index in [1.807, 2.05) is 18.3 Å². The van der Waals surface area contributed by atoms with E-state index < -0.39 is 6.16 Å². The number of aromatic nitrogens is 1. The predicted molar refractivity (Wildman–Crippen MR) is 157 cm³/mol. The molecule has 0 fully saturated rings. The molecule has 12 nitrogen and oxygen atoms in total. The molecule has 0 atom stereocenters. The average Bonchev–Trinajstić information content (AvgIpc) is 2.96. The minimum atomic E-state index is -0.792. The van der Waals surface area contributed by atoms with E-state index in [9.17, 15) is 4.79 Å². The number of aliphatic imine (C=N–C) groups is 1. The van der Waals surface area contributed by atoms with Crippen LogP contribution in [0.2, 0.25) is 5.02 Å². The van der Waals surface area contributed by atoms with Gasteiger partial charge in [-0.25, -0.2) is 4.79 Å². The van der Waals surface area contributed by atoms with Gasteiger partial charge in [0.2, 0.25) is 5.96 Å². The van der Waals surface area contributed by atoms with E-state index in [1.165, 1.54) is 0 Å². The molecule has 0 radical (unpaired) electrons. The molecule has 1 aromatic carbocycles. The van der Waals surface area contributed by atoms with Crippen molar-refractivity contribution in [3.8, 4) is 11.9 Å². The van der Waals surface area contributed by atoms with Crippen molar-refractivity contribution in [2.24, 2.45) is 10.7 Å². The Kier molecular flexibility index (Phi) is 23.8. The maximum atomic E-state index is 11.7. The molecule has 15 heteroatoms. The maximum absolute atomic E-state index is 11.7. The fourth-order valence-electron chi connectivity index (χ4n) is 3.16. The van der Waals surface area contributed by atoms with Crippen molar-refractivity contribution < 1.29 is 45.5 Å². The summed E-state index contributed by atoms with van der Waals surface area (Å²) in [5.41, 5.74) is 6.03. The molecule has 4 N–H and O–H groups in total. The number of carbonyl (C=O) groups excluding carboxylic acids is 1. The summed E-state index contributed by atoms with van der Waals surface area (Å²) in [5, 5.41) is 15.4. The molecule has 0 aliphatic carbocycles. The molecule has 0 aliphatic heterocycles. The molecule has 1 aromatic heterocycles. The van der Waals surface area contributed by atoms with Gasteiger partial charge in [0.15, 0.2) is 18.6 Å². The molecule has 2 rings (SSSR count). The number of anilines is 1. The highest BCUT2D eigenvalue weighted by Crippen LogP contribution is 2.16. The molecule has 0 aliphatic rings. The van der Waals surface area contributed by atoms with E-state index in [4.69, 9.17) is 46.3 Å². The molecule has 0 saturated heterocycles. The SMILES string of the molecule is Cl.N#CNC(=NCCCCCCOc1ccc(Cl)cc1)Nc1cc[n+](COC(=O)OCCOCCOCCN)cc1.[Cl-]. The topological polar surface area (TPSA) is 153 Å². The molecule has 0 bridgehead atoms. The smallest absolute Gasteiger partial charge is 0.513 e. The highest BCUT2D eigenvalue weighted by atomic mass is 35.5. The third kappa shape index (κ3) is 19.1. The Morgan fingerprint density at radius 2 is 1.60 bits per heavy atom. The van der Waals surface area contributed by atoms with Gasteiger partial charge in [-0.1, -0.05) is 18.0 Å². The molecule has 0 saturated carbocycles. The molecule has 0 unspecified atom stereocenters. The largest absolute Gasteiger partial charge is 1.00 e. The Bertz CT molecular complexity index is 1040. The van der Waals surface area contributed by atoms with Gasteiger partial charge in [0, 0.05) is 30.2 Å². The van der Waals surface area contributed by atoms with Crippen LogP contribution in [0, 0.1) is 11.5 Å². The van der Waals surface area contributed by atoms with Crippen molar-refractivity contribution in [3.63, 3.8) is 0 Å². The first-order chi connectivity index (χ1) is 19.6. The van der Waals surface area contributed by atoms with Crippen LogP contribution in [0.4, 0.5) is 10.5 Å². The number of nitriles is 1. The molecule has 0 spiro atoms. The molecule has 1 heterocycles. The number of carbonyl (C=O) groups is 1. The summed E-state index contributed by atoms with van der Waals surface area (Å²) in [4.78, 5) is 16.2. The van der Waals surface area contributed by atoms with Crippen LogP contribution in [0.3, 0.4) is 0 Å². The Morgan fingerprint density at radius 3 is 2.29 bits per heavy atom. The zero-order valence-electron chi connectivity index (χ0n) is 23.3. The first-order valence-corrected chi connectivity index (χ1v) is 13.5. The Hall–Kier alpha value is -3.05. The van der Waals surface area contributed by atoms with E-state index in [1.54, 1.807) is 41.2 Å². The Labute approximate surface area is 264 Å². The van der Waals surface area contributed by atoms with Crippen molar-refractivity contribution in [1.29, 1.82) is 5.26 Å². The summed E-state index contributed by atoms with van der Waals surface area (Å²) in [5.74, 6) is 1.17. The van der Waals surface area contributed by atoms with Gasteiger partial charge in [-0.3, -0.25) is 10.3 Å². The van der Waals surface area contributed by atoms with Gasteiger partial charge in [0.1, 0.15) is 12.4 Å². The third-order valence-electron chi connectivity index (χ3n) is 5.15. The van der Waals surface area contributed by atoms with Crippen molar-refractivity contribution >= 4 is 41.8 Å². The summed E-state index contributed by atoms with van der Waals surface area (Å²) < 4.78 is 27.8. The lowest BCUT2D eigenvalue weighted by Gasteiger charge is -2.08. The normalized spacial score (nSPS) is 10.5. The monoisotopic (exact) mass is 648 g/mol. The Balaban J connectivity index is 0.00000840. The number of guanidine groups is 1. The van der Waals surface area contributed by atoms with Crippen LogP contribution in [-0.4, -0.2) is 64.8 Å². The zero-order valence-corrected chi connectivity index (χ0v) is 25.7. The minimum Gasteiger partial charge on any atom is -1.00 e. The van der Waals surface area contributed by atoms with Crippen LogP contribution in [0.15, 0.2) is 53.8 Å². The third-order valence-corrected chi connectivity index (χ3v) is 5.40. The van der Waals surface area contributed by atoms with Crippen LogP contribution in [0.1, 0.15) is 25.7 Å². The van der Waals surface area contributed by atoms with Gasteiger partial charge in [-0.2, -0.15) is 9.83 Å². The number of pyridine rings is 1. The van der Waals surface area contributed by atoms with Gasteiger partial charge in [-0.15, -0.1) is 12.4 Å². The molecule has 234 valence electrons. The van der Waals surface area contributed by atoms with E-state index in [-0.39, 0.29) is 44.8 Å². The quantitative estimate of drug-likeness (QED) is 0.0376. The molecular weight excluding hydrogens is 611 g/mol. The van der Waals surface area contributed by atoms with Crippen molar-refractivity contribution in [1.82, 2.24) is 5.32 Å². The summed E-state index contributed by atoms with van der Waals surface area (Å²) >= 11 is 5.87. The van der Waals surface area contributed by atoms with Gasteiger partial charge >= 0.3 is 6.16 Å². The van der Waals surface area contributed by atoms with Gasteiger partial charge < -0.3 is 47.1 Å². The average molecular weight is 650 g/mol. The number of nitrogens with two attached hydrogens (primary N) is 1. The van der Waals surface area contributed by atoms with E-state index in [2.05, 4.69) is 15.6 Å². The number of nitrogens with one attached hydrogen (secondary N) is 2. The van der Waals surface area contributed by atoms with E-state index in [0.717, 1.165) is 31.4 Å². The van der Waals surface area contributed by atoms with Crippen molar-refractivity contribution in [2.45, 2.75) is 32.4 Å². The molecular formula is C27H39Cl3N6O6. The van der Waals surface area contributed by atoms with Crippen LogP contribution in [-0.2, 0) is 25.7 Å². The van der Waals surface area contributed by atoms with Crippen molar-refractivity contribution in [2.75, 3.05) is 58.0 Å². The standard InChI is InChI=1S/C27H37ClN6O6.2ClH/c28-23-5-7-25(8-6-23)38-15-4-2-1-3-12-31-26(32-21-30)33-24-9-13-34(14-10-24)22-40-27(35)39-20-19-37-18-17-36-16-11-29;;/h5-10,13-14H,1-4,11-12,15-20,22,29H2,(H,31,32);2*1H. The van der Waals surface area contributed by atoms with Crippen molar-refractivity contribution in [3.05, 3.63) is 53.8 Å². The Morgan fingerprint density at radius 1 is 0.929 bits per heavy atom. The lowest BCUT2D eigenvalue weighted by atomic mass is 10.2. The highest BCUT2D eigenvalue weighted by molar-refractivity contribution is 6.30. The summed E-state index contributed by atoms with van der Waals surface area (Å²) in [6, 6.07) is 10.9. The molecule has 2 aromatic rings. The van der Waals surface area contributed by atoms with Gasteiger partial charge in [0.25, 0.3) is 6.73 Å². The maximum Gasteiger partial charge on any atom is 0.513 e.